The first-order chi connectivity index (χ1) is 9.57. The van der Waals surface area contributed by atoms with E-state index in [2.05, 4.69) is 5.32 Å². The van der Waals surface area contributed by atoms with Gasteiger partial charge in [-0.3, -0.25) is 0 Å². The van der Waals surface area contributed by atoms with Crippen LogP contribution in [0, 0.1) is 0 Å². The largest absolute Gasteiger partial charge is 0.508 e. The highest BCUT2D eigenvalue weighted by molar-refractivity contribution is 5.51. The Labute approximate surface area is 118 Å². The van der Waals surface area contributed by atoms with Gasteiger partial charge in [-0.25, -0.2) is 0 Å². The summed E-state index contributed by atoms with van der Waals surface area (Å²) in [6.07, 6.45) is 0. The van der Waals surface area contributed by atoms with Crippen molar-refractivity contribution in [3.8, 4) is 11.5 Å². The van der Waals surface area contributed by atoms with Crippen molar-refractivity contribution < 1.29 is 14.9 Å². The third-order valence-corrected chi connectivity index (χ3v) is 3.31. The van der Waals surface area contributed by atoms with Gasteiger partial charge < -0.3 is 20.3 Å². The summed E-state index contributed by atoms with van der Waals surface area (Å²) in [6, 6.07) is 14.3. The number of aliphatic hydroxyl groups excluding tert-OH is 1. The molecule has 0 bridgehead atoms. The van der Waals surface area contributed by atoms with Crippen LogP contribution in [0.2, 0.25) is 0 Å². The van der Waals surface area contributed by atoms with Gasteiger partial charge in [0.1, 0.15) is 11.5 Å². The van der Waals surface area contributed by atoms with Crippen molar-refractivity contribution in [1.82, 2.24) is 0 Å². The standard InChI is InChI=1S/C16H19NO3/c1-16(11-18,12-6-8-14(19)9-7-12)17-13-4-3-5-15(10-13)20-2/h3-10,17-19H,11H2,1-2H3. The topological polar surface area (TPSA) is 61.7 Å². The van der Waals surface area contributed by atoms with Gasteiger partial charge in [-0.2, -0.15) is 0 Å². The number of hydrogen-bond acceptors (Lipinski definition) is 4. The Morgan fingerprint density at radius 3 is 2.45 bits per heavy atom. The Kier molecular flexibility index (Phi) is 4.15. The summed E-state index contributed by atoms with van der Waals surface area (Å²) in [5.74, 6) is 0.955. The van der Waals surface area contributed by atoms with Crippen molar-refractivity contribution >= 4 is 5.69 Å². The van der Waals surface area contributed by atoms with E-state index in [1.54, 1.807) is 31.4 Å². The first-order valence-electron chi connectivity index (χ1n) is 6.40. The monoisotopic (exact) mass is 273 g/mol. The van der Waals surface area contributed by atoms with Crippen molar-refractivity contribution in [3.63, 3.8) is 0 Å². The van der Waals surface area contributed by atoms with E-state index in [0.29, 0.717) is 0 Å². The number of hydrogen-bond donors (Lipinski definition) is 3. The summed E-state index contributed by atoms with van der Waals surface area (Å²) in [4.78, 5) is 0. The second-order valence-electron chi connectivity index (χ2n) is 4.89. The highest BCUT2D eigenvalue weighted by atomic mass is 16.5. The van der Waals surface area contributed by atoms with Crippen molar-refractivity contribution in [2.24, 2.45) is 0 Å². The Bertz CT molecular complexity index is 568. The lowest BCUT2D eigenvalue weighted by molar-refractivity contribution is 0.224. The third kappa shape index (κ3) is 3.03. The summed E-state index contributed by atoms with van der Waals surface area (Å²) in [6.45, 7) is 1.83. The molecule has 0 spiro atoms. The van der Waals surface area contributed by atoms with Crippen LogP contribution in [-0.4, -0.2) is 23.9 Å². The molecule has 0 aromatic heterocycles. The number of rotatable bonds is 5. The van der Waals surface area contributed by atoms with Crippen molar-refractivity contribution in [2.45, 2.75) is 12.5 Å². The molecule has 0 saturated carbocycles. The zero-order chi connectivity index (χ0) is 14.6. The van der Waals surface area contributed by atoms with E-state index in [0.717, 1.165) is 17.0 Å². The molecule has 0 aliphatic heterocycles. The van der Waals surface area contributed by atoms with Gasteiger partial charge in [-0.15, -0.1) is 0 Å². The lowest BCUT2D eigenvalue weighted by Gasteiger charge is -2.30. The van der Waals surface area contributed by atoms with E-state index in [-0.39, 0.29) is 12.4 Å². The Hall–Kier alpha value is -2.20. The molecule has 0 fully saturated rings. The van der Waals surface area contributed by atoms with E-state index in [4.69, 9.17) is 4.74 Å². The number of nitrogens with one attached hydrogen (secondary N) is 1. The molecule has 0 radical (unpaired) electrons. The fourth-order valence-electron chi connectivity index (χ4n) is 2.05. The third-order valence-electron chi connectivity index (χ3n) is 3.31. The highest BCUT2D eigenvalue weighted by Gasteiger charge is 2.25. The molecule has 1 unspecified atom stereocenters. The molecule has 0 amide bonds. The lowest BCUT2D eigenvalue weighted by Crippen LogP contribution is -2.35. The average molecular weight is 273 g/mol. The fraction of sp³-hybridized carbons (Fsp3) is 0.250. The van der Waals surface area contributed by atoms with Crippen LogP contribution >= 0.6 is 0 Å². The number of ether oxygens (including phenoxy) is 1. The van der Waals surface area contributed by atoms with E-state index < -0.39 is 5.54 Å². The number of benzene rings is 2. The number of anilines is 1. The second-order valence-corrected chi connectivity index (χ2v) is 4.89. The van der Waals surface area contributed by atoms with Gasteiger partial charge in [0.15, 0.2) is 0 Å². The van der Waals surface area contributed by atoms with Crippen molar-refractivity contribution in [2.75, 3.05) is 19.0 Å². The molecule has 0 aliphatic rings. The molecule has 4 nitrogen and oxygen atoms in total. The zero-order valence-electron chi connectivity index (χ0n) is 11.6. The lowest BCUT2D eigenvalue weighted by atomic mass is 9.92. The van der Waals surface area contributed by atoms with E-state index >= 15 is 0 Å². The minimum atomic E-state index is -0.639. The van der Waals surface area contributed by atoms with Gasteiger partial charge in [-0.05, 0) is 36.8 Å². The number of aliphatic hydroxyl groups is 1. The van der Waals surface area contributed by atoms with Crippen LogP contribution in [0.15, 0.2) is 48.5 Å². The first-order valence-corrected chi connectivity index (χ1v) is 6.40. The summed E-state index contributed by atoms with van der Waals surface area (Å²) < 4.78 is 5.19. The molecule has 4 heteroatoms. The number of phenolic OH excluding ortho intramolecular Hbond substituents is 1. The summed E-state index contributed by atoms with van der Waals surface area (Å²) in [7, 11) is 1.62. The van der Waals surface area contributed by atoms with E-state index in [1.807, 2.05) is 31.2 Å². The molecular formula is C16H19NO3. The smallest absolute Gasteiger partial charge is 0.120 e. The summed E-state index contributed by atoms with van der Waals surface area (Å²) in [5, 5.41) is 22.4. The van der Waals surface area contributed by atoms with Crippen molar-refractivity contribution in [3.05, 3.63) is 54.1 Å². The van der Waals surface area contributed by atoms with E-state index in [9.17, 15) is 10.2 Å². The molecule has 2 rings (SSSR count). The molecule has 106 valence electrons. The van der Waals surface area contributed by atoms with E-state index in [1.165, 1.54) is 0 Å². The SMILES string of the molecule is COc1cccc(NC(C)(CO)c2ccc(O)cc2)c1. The van der Waals surface area contributed by atoms with Gasteiger partial charge in [0.2, 0.25) is 0 Å². The van der Waals surface area contributed by atoms with Crippen LogP contribution < -0.4 is 10.1 Å². The second kappa shape index (κ2) is 5.84. The molecule has 0 heterocycles. The zero-order valence-corrected chi connectivity index (χ0v) is 11.6. The predicted molar refractivity (Wildman–Crippen MR) is 79.2 cm³/mol. The van der Waals surface area contributed by atoms with Gasteiger partial charge in [0, 0.05) is 11.8 Å². The van der Waals surface area contributed by atoms with Crippen molar-refractivity contribution in [1.29, 1.82) is 0 Å². The number of phenols is 1. The molecule has 1 atom stereocenters. The molecule has 3 N–H and O–H groups in total. The normalized spacial score (nSPS) is 13.6. The molecule has 2 aromatic carbocycles. The fourth-order valence-corrected chi connectivity index (χ4v) is 2.05. The molecule has 0 aliphatic carbocycles. The van der Waals surface area contributed by atoms with Gasteiger partial charge in [0.05, 0.1) is 19.3 Å². The number of methoxy groups -OCH3 is 1. The quantitative estimate of drug-likeness (QED) is 0.784. The van der Waals surface area contributed by atoms with Gasteiger partial charge in [-0.1, -0.05) is 18.2 Å². The van der Waals surface area contributed by atoms with Crippen LogP contribution in [0.4, 0.5) is 5.69 Å². The first kappa shape index (κ1) is 14.2. The van der Waals surface area contributed by atoms with Gasteiger partial charge in [0.25, 0.3) is 0 Å². The molecule has 2 aromatic rings. The van der Waals surface area contributed by atoms with Crippen LogP contribution in [0.5, 0.6) is 11.5 Å². The Balaban J connectivity index is 2.28. The van der Waals surface area contributed by atoms with Crippen LogP contribution in [0.3, 0.4) is 0 Å². The molecule has 20 heavy (non-hydrogen) atoms. The molecular weight excluding hydrogens is 254 g/mol. The molecule has 0 saturated heterocycles. The minimum absolute atomic E-state index is 0.0744. The summed E-state index contributed by atoms with van der Waals surface area (Å²) in [5.41, 5.74) is 1.11. The predicted octanol–water partition coefficient (Wildman–Crippen LogP) is 2.72. The highest BCUT2D eigenvalue weighted by Crippen LogP contribution is 2.28. The summed E-state index contributed by atoms with van der Waals surface area (Å²) >= 11 is 0. The van der Waals surface area contributed by atoms with Crippen LogP contribution in [0.1, 0.15) is 12.5 Å². The minimum Gasteiger partial charge on any atom is -0.508 e. The maximum Gasteiger partial charge on any atom is 0.120 e. The maximum absolute atomic E-state index is 9.74. The maximum atomic E-state index is 9.74. The Morgan fingerprint density at radius 1 is 1.15 bits per heavy atom. The average Bonchev–Trinajstić information content (AvgIpc) is 2.48. The number of aromatic hydroxyl groups is 1. The van der Waals surface area contributed by atoms with Crippen LogP contribution in [-0.2, 0) is 5.54 Å². The van der Waals surface area contributed by atoms with Crippen LogP contribution in [0.25, 0.3) is 0 Å². The van der Waals surface area contributed by atoms with Gasteiger partial charge >= 0.3 is 0 Å². The Morgan fingerprint density at radius 2 is 1.85 bits per heavy atom.